The zero-order chi connectivity index (χ0) is 10.0. The Bertz CT molecular complexity index is 291. The quantitative estimate of drug-likeness (QED) is 0.802. The molecule has 0 spiro atoms. The van der Waals surface area contributed by atoms with Crippen LogP contribution in [0.15, 0.2) is 16.6 Å². The third-order valence-corrected chi connectivity index (χ3v) is 2.51. The lowest BCUT2D eigenvalue weighted by molar-refractivity contribution is 0.501. The minimum atomic E-state index is -0.854. The second kappa shape index (κ2) is 4.15. The fourth-order valence-electron chi connectivity index (χ4n) is 0.996. The smallest absolute Gasteiger partial charge is 0.172 e. The van der Waals surface area contributed by atoms with Crippen molar-refractivity contribution in [1.29, 1.82) is 0 Å². The van der Waals surface area contributed by atoms with Crippen LogP contribution in [0.3, 0.4) is 0 Å². The minimum Gasteiger partial charge on any atom is -0.330 e. The molecule has 1 atom stereocenters. The molecule has 72 valence electrons. The van der Waals surface area contributed by atoms with E-state index in [4.69, 9.17) is 5.73 Å². The van der Waals surface area contributed by atoms with Crippen LogP contribution in [-0.2, 0) is 0 Å². The van der Waals surface area contributed by atoms with Crippen LogP contribution in [0.1, 0.15) is 18.4 Å². The summed E-state index contributed by atoms with van der Waals surface area (Å²) in [5, 5.41) is 0. The van der Waals surface area contributed by atoms with Gasteiger partial charge in [0, 0.05) is 0 Å². The monoisotopic (exact) mass is 249 g/mol. The van der Waals surface area contributed by atoms with E-state index in [1.165, 1.54) is 6.07 Å². The molecule has 0 saturated heterocycles. The highest BCUT2D eigenvalue weighted by atomic mass is 79.9. The summed E-state index contributed by atoms with van der Waals surface area (Å²) in [6.45, 7) is 2.27. The van der Waals surface area contributed by atoms with E-state index in [1.54, 1.807) is 6.07 Å². The molecule has 0 fully saturated rings. The Hall–Kier alpha value is -0.480. The lowest BCUT2D eigenvalue weighted by Crippen LogP contribution is -2.09. The molecule has 0 heterocycles. The summed E-state index contributed by atoms with van der Waals surface area (Å²) in [5.74, 6) is -1.66. The Morgan fingerprint density at radius 3 is 2.54 bits per heavy atom. The predicted molar refractivity (Wildman–Crippen MR) is 51.5 cm³/mol. The number of hydrogen-bond acceptors (Lipinski definition) is 1. The van der Waals surface area contributed by atoms with Gasteiger partial charge in [0.15, 0.2) is 11.6 Å². The van der Waals surface area contributed by atoms with E-state index in [0.717, 1.165) is 0 Å². The Kier molecular flexibility index (Phi) is 3.39. The van der Waals surface area contributed by atoms with Crippen molar-refractivity contribution >= 4 is 15.9 Å². The summed E-state index contributed by atoms with van der Waals surface area (Å²) < 4.78 is 25.9. The first-order chi connectivity index (χ1) is 6.06. The normalized spacial score (nSPS) is 13.0. The number of halogens is 3. The fraction of sp³-hybridized carbons (Fsp3) is 0.333. The standard InChI is InChI=1S/C9H10BrF2N/c1-5(4-13)6-2-7(10)9(12)8(11)3-6/h2-3,5H,4,13H2,1H3. The maximum atomic E-state index is 12.9. The van der Waals surface area contributed by atoms with Gasteiger partial charge in [-0.3, -0.25) is 0 Å². The highest BCUT2D eigenvalue weighted by molar-refractivity contribution is 9.10. The van der Waals surface area contributed by atoms with E-state index in [0.29, 0.717) is 12.1 Å². The van der Waals surface area contributed by atoms with Gasteiger partial charge in [-0.1, -0.05) is 6.92 Å². The third kappa shape index (κ3) is 2.25. The van der Waals surface area contributed by atoms with E-state index in [9.17, 15) is 8.78 Å². The molecule has 1 aromatic carbocycles. The SMILES string of the molecule is CC(CN)c1cc(F)c(F)c(Br)c1. The molecule has 1 rings (SSSR count). The maximum absolute atomic E-state index is 12.9. The molecule has 0 aromatic heterocycles. The van der Waals surface area contributed by atoms with Crippen LogP contribution in [-0.4, -0.2) is 6.54 Å². The molecule has 0 aliphatic rings. The number of nitrogens with two attached hydrogens (primary N) is 1. The topological polar surface area (TPSA) is 26.0 Å². The van der Waals surface area contributed by atoms with Gasteiger partial charge in [-0.15, -0.1) is 0 Å². The largest absolute Gasteiger partial charge is 0.330 e. The van der Waals surface area contributed by atoms with Crippen LogP contribution < -0.4 is 5.73 Å². The van der Waals surface area contributed by atoms with Crippen molar-refractivity contribution in [3.63, 3.8) is 0 Å². The first kappa shape index (κ1) is 10.6. The molecule has 0 amide bonds. The molecular weight excluding hydrogens is 240 g/mol. The van der Waals surface area contributed by atoms with Gasteiger partial charge in [0.05, 0.1) is 4.47 Å². The van der Waals surface area contributed by atoms with Crippen LogP contribution in [0.5, 0.6) is 0 Å². The van der Waals surface area contributed by atoms with Crippen molar-refractivity contribution in [3.05, 3.63) is 33.8 Å². The molecule has 0 aliphatic heterocycles. The average Bonchev–Trinajstić information content (AvgIpc) is 2.12. The van der Waals surface area contributed by atoms with Crippen LogP contribution in [0.4, 0.5) is 8.78 Å². The fourth-order valence-corrected chi connectivity index (χ4v) is 1.45. The lowest BCUT2D eigenvalue weighted by Gasteiger charge is -2.09. The second-order valence-electron chi connectivity index (χ2n) is 2.94. The summed E-state index contributed by atoms with van der Waals surface area (Å²) in [6.07, 6.45) is 0. The van der Waals surface area contributed by atoms with Crippen molar-refractivity contribution in [2.24, 2.45) is 5.73 Å². The summed E-state index contributed by atoms with van der Waals surface area (Å²) in [5.41, 5.74) is 6.11. The van der Waals surface area contributed by atoms with Crippen molar-refractivity contribution in [1.82, 2.24) is 0 Å². The van der Waals surface area contributed by atoms with Crippen molar-refractivity contribution in [3.8, 4) is 0 Å². The molecule has 4 heteroatoms. The van der Waals surface area contributed by atoms with E-state index in [-0.39, 0.29) is 10.4 Å². The van der Waals surface area contributed by atoms with Gasteiger partial charge in [-0.05, 0) is 46.1 Å². The van der Waals surface area contributed by atoms with Crippen LogP contribution in [0.25, 0.3) is 0 Å². The Morgan fingerprint density at radius 1 is 1.46 bits per heavy atom. The molecule has 1 aromatic rings. The van der Waals surface area contributed by atoms with Crippen molar-refractivity contribution in [2.75, 3.05) is 6.54 Å². The second-order valence-corrected chi connectivity index (χ2v) is 3.79. The maximum Gasteiger partial charge on any atom is 0.172 e. The summed E-state index contributed by atoms with van der Waals surface area (Å²) >= 11 is 2.94. The number of hydrogen-bond donors (Lipinski definition) is 1. The summed E-state index contributed by atoms with van der Waals surface area (Å²) in [4.78, 5) is 0. The lowest BCUT2D eigenvalue weighted by atomic mass is 10.0. The predicted octanol–water partition coefficient (Wildman–Crippen LogP) is 2.79. The van der Waals surface area contributed by atoms with Crippen molar-refractivity contribution < 1.29 is 8.78 Å². The van der Waals surface area contributed by atoms with E-state index in [1.807, 2.05) is 6.92 Å². The zero-order valence-corrected chi connectivity index (χ0v) is 8.74. The summed E-state index contributed by atoms with van der Waals surface area (Å²) in [6, 6.07) is 2.73. The van der Waals surface area contributed by atoms with E-state index >= 15 is 0 Å². The Balaban J connectivity index is 3.13. The van der Waals surface area contributed by atoms with Gasteiger partial charge in [0.2, 0.25) is 0 Å². The Labute approximate surface area is 84.1 Å². The number of benzene rings is 1. The first-order valence-corrected chi connectivity index (χ1v) is 4.70. The molecule has 1 unspecified atom stereocenters. The third-order valence-electron chi connectivity index (χ3n) is 1.93. The molecule has 1 nitrogen and oxygen atoms in total. The molecule has 0 aliphatic carbocycles. The highest BCUT2D eigenvalue weighted by Gasteiger charge is 2.11. The molecular formula is C9H10BrF2N. The van der Waals surface area contributed by atoms with Gasteiger partial charge < -0.3 is 5.73 Å². The van der Waals surface area contributed by atoms with Gasteiger partial charge in [-0.2, -0.15) is 0 Å². The van der Waals surface area contributed by atoms with E-state index in [2.05, 4.69) is 15.9 Å². The molecule has 0 radical (unpaired) electrons. The zero-order valence-electron chi connectivity index (χ0n) is 7.15. The Morgan fingerprint density at radius 2 is 2.08 bits per heavy atom. The molecule has 0 saturated carbocycles. The average molecular weight is 250 g/mol. The van der Waals surface area contributed by atoms with Gasteiger partial charge >= 0.3 is 0 Å². The van der Waals surface area contributed by atoms with Gasteiger partial charge in [0.25, 0.3) is 0 Å². The first-order valence-electron chi connectivity index (χ1n) is 3.90. The number of rotatable bonds is 2. The van der Waals surface area contributed by atoms with Crippen LogP contribution in [0.2, 0.25) is 0 Å². The highest BCUT2D eigenvalue weighted by Crippen LogP contribution is 2.24. The van der Waals surface area contributed by atoms with Crippen LogP contribution >= 0.6 is 15.9 Å². The van der Waals surface area contributed by atoms with E-state index < -0.39 is 11.6 Å². The van der Waals surface area contributed by atoms with Crippen molar-refractivity contribution in [2.45, 2.75) is 12.8 Å². The van der Waals surface area contributed by atoms with Crippen LogP contribution in [0, 0.1) is 11.6 Å². The van der Waals surface area contributed by atoms with Gasteiger partial charge in [-0.25, -0.2) is 8.78 Å². The summed E-state index contributed by atoms with van der Waals surface area (Å²) in [7, 11) is 0. The van der Waals surface area contributed by atoms with Gasteiger partial charge in [0.1, 0.15) is 0 Å². The minimum absolute atomic E-state index is 0.0337. The molecule has 2 N–H and O–H groups in total. The molecule has 0 bridgehead atoms. The molecule has 13 heavy (non-hydrogen) atoms.